The van der Waals surface area contributed by atoms with E-state index in [2.05, 4.69) is 4.98 Å². The number of alkyl halides is 2. The lowest BCUT2D eigenvalue weighted by Gasteiger charge is -2.05. The van der Waals surface area contributed by atoms with Crippen molar-refractivity contribution >= 4 is 40.2 Å². The Hall–Kier alpha value is -0.500. The first-order valence-electron chi connectivity index (χ1n) is 3.30. The molecule has 0 saturated heterocycles. The highest BCUT2D eigenvalue weighted by molar-refractivity contribution is 14.1. The number of carboxylic acids is 1. The van der Waals surface area contributed by atoms with Crippen LogP contribution in [0.3, 0.4) is 0 Å². The number of aromatic nitrogens is 1. The van der Waals surface area contributed by atoms with E-state index in [0.717, 1.165) is 6.20 Å². The van der Waals surface area contributed by atoms with E-state index in [9.17, 15) is 13.6 Å². The highest BCUT2D eigenvalue weighted by Crippen LogP contribution is 2.31. The van der Waals surface area contributed by atoms with Gasteiger partial charge in [0.05, 0.1) is 14.2 Å². The third-order valence-corrected chi connectivity index (χ3v) is 3.20. The normalized spacial score (nSPS) is 10.6. The molecule has 0 aliphatic heterocycles. The molecule has 3 nitrogen and oxygen atoms in total. The zero-order chi connectivity index (χ0) is 10.9. The Morgan fingerprint density at radius 1 is 1.64 bits per heavy atom. The molecule has 1 heterocycles. The van der Waals surface area contributed by atoms with E-state index in [1.54, 1.807) is 22.6 Å². The van der Waals surface area contributed by atoms with Crippen LogP contribution in [0.5, 0.6) is 0 Å². The molecule has 0 aliphatic rings. The standard InChI is InChI=1S/C7H3ClF2INO2/c8-3-2(6(9)10)1-12-5(4(3)11)7(13)14/h1,6H,(H,13,14). The van der Waals surface area contributed by atoms with Crippen molar-refractivity contribution in [1.82, 2.24) is 4.98 Å². The van der Waals surface area contributed by atoms with Crippen molar-refractivity contribution in [3.63, 3.8) is 0 Å². The molecule has 0 atom stereocenters. The minimum absolute atomic E-state index is 0.0227. The number of rotatable bonds is 2. The monoisotopic (exact) mass is 333 g/mol. The van der Waals surface area contributed by atoms with Gasteiger partial charge in [-0.05, 0) is 22.6 Å². The zero-order valence-electron chi connectivity index (χ0n) is 6.47. The van der Waals surface area contributed by atoms with E-state index in [-0.39, 0.29) is 14.3 Å². The maximum atomic E-state index is 12.3. The van der Waals surface area contributed by atoms with E-state index < -0.39 is 18.0 Å². The molecule has 0 spiro atoms. The number of halogens is 4. The van der Waals surface area contributed by atoms with Crippen LogP contribution in [-0.4, -0.2) is 16.1 Å². The molecule has 1 aromatic heterocycles. The Morgan fingerprint density at radius 3 is 2.64 bits per heavy atom. The summed E-state index contributed by atoms with van der Waals surface area (Å²) < 4.78 is 24.6. The predicted molar refractivity (Wildman–Crippen MR) is 53.9 cm³/mol. The van der Waals surface area contributed by atoms with Gasteiger partial charge in [0.1, 0.15) is 0 Å². The molecule has 0 fully saturated rings. The van der Waals surface area contributed by atoms with Crippen LogP contribution < -0.4 is 0 Å². The molecular formula is C7H3ClF2INO2. The summed E-state index contributed by atoms with van der Waals surface area (Å²) in [7, 11) is 0. The zero-order valence-corrected chi connectivity index (χ0v) is 9.38. The summed E-state index contributed by atoms with van der Waals surface area (Å²) in [5, 5.41) is 8.35. The van der Waals surface area contributed by atoms with Crippen molar-refractivity contribution < 1.29 is 18.7 Å². The molecule has 76 valence electrons. The second-order valence-corrected chi connectivity index (χ2v) is 3.75. The van der Waals surface area contributed by atoms with Crippen LogP contribution in [0, 0.1) is 3.57 Å². The summed E-state index contributed by atoms with van der Waals surface area (Å²) in [6.07, 6.45) is -1.98. The molecule has 1 aromatic rings. The van der Waals surface area contributed by atoms with E-state index in [4.69, 9.17) is 16.7 Å². The van der Waals surface area contributed by atoms with Crippen molar-refractivity contribution in [1.29, 1.82) is 0 Å². The molecule has 1 N–H and O–H groups in total. The largest absolute Gasteiger partial charge is 0.476 e. The number of pyridine rings is 1. The molecular weight excluding hydrogens is 330 g/mol. The number of carbonyl (C=O) groups is 1. The smallest absolute Gasteiger partial charge is 0.355 e. The summed E-state index contributed by atoms with van der Waals surface area (Å²) in [5.41, 5.74) is -0.777. The lowest BCUT2D eigenvalue weighted by atomic mass is 10.2. The Bertz CT molecular complexity index is 386. The van der Waals surface area contributed by atoms with Gasteiger partial charge in [-0.3, -0.25) is 0 Å². The summed E-state index contributed by atoms with van der Waals surface area (Å²) in [5.74, 6) is -1.29. The lowest BCUT2D eigenvalue weighted by Crippen LogP contribution is -2.05. The van der Waals surface area contributed by atoms with Crippen LogP contribution in [0.4, 0.5) is 8.78 Å². The maximum Gasteiger partial charge on any atom is 0.355 e. The van der Waals surface area contributed by atoms with Crippen LogP contribution in [-0.2, 0) is 0 Å². The second kappa shape index (κ2) is 4.35. The molecule has 0 unspecified atom stereocenters. The Kier molecular flexibility index (Phi) is 3.59. The molecule has 0 radical (unpaired) electrons. The van der Waals surface area contributed by atoms with Crippen LogP contribution in [0.1, 0.15) is 22.5 Å². The molecule has 0 aliphatic carbocycles. The molecule has 0 aromatic carbocycles. The molecule has 14 heavy (non-hydrogen) atoms. The Labute approximate surface area is 96.2 Å². The number of hydrogen-bond acceptors (Lipinski definition) is 2. The topological polar surface area (TPSA) is 50.2 Å². The van der Waals surface area contributed by atoms with Crippen molar-refractivity contribution in [2.24, 2.45) is 0 Å². The minimum atomic E-state index is -2.76. The quantitative estimate of drug-likeness (QED) is 0.847. The molecule has 1 rings (SSSR count). The van der Waals surface area contributed by atoms with Gasteiger partial charge in [-0.25, -0.2) is 18.6 Å². The fourth-order valence-corrected chi connectivity index (χ4v) is 1.68. The van der Waals surface area contributed by atoms with Gasteiger partial charge in [0.15, 0.2) is 5.69 Å². The van der Waals surface area contributed by atoms with Crippen molar-refractivity contribution in [3.05, 3.63) is 26.0 Å². The maximum absolute atomic E-state index is 12.3. The van der Waals surface area contributed by atoms with Crippen molar-refractivity contribution in [3.8, 4) is 0 Å². The minimum Gasteiger partial charge on any atom is -0.476 e. The average molecular weight is 333 g/mol. The van der Waals surface area contributed by atoms with E-state index in [1.807, 2.05) is 0 Å². The Balaban J connectivity index is 3.33. The van der Waals surface area contributed by atoms with E-state index >= 15 is 0 Å². The fourth-order valence-electron chi connectivity index (χ4n) is 0.779. The molecule has 0 bridgehead atoms. The van der Waals surface area contributed by atoms with Gasteiger partial charge >= 0.3 is 5.97 Å². The molecule has 0 amide bonds. The highest BCUT2D eigenvalue weighted by atomic mass is 127. The first kappa shape index (κ1) is 11.6. The number of aromatic carboxylic acids is 1. The van der Waals surface area contributed by atoms with Gasteiger partial charge in [-0.1, -0.05) is 11.6 Å². The first-order chi connectivity index (χ1) is 6.45. The van der Waals surface area contributed by atoms with Crippen LogP contribution >= 0.6 is 34.2 Å². The van der Waals surface area contributed by atoms with Gasteiger partial charge in [-0.15, -0.1) is 0 Å². The van der Waals surface area contributed by atoms with Gasteiger partial charge < -0.3 is 5.11 Å². The number of carboxylic acid groups (broad SMARTS) is 1. The van der Waals surface area contributed by atoms with Gasteiger partial charge in [0, 0.05) is 6.20 Å². The highest BCUT2D eigenvalue weighted by Gasteiger charge is 2.20. The lowest BCUT2D eigenvalue weighted by molar-refractivity contribution is 0.0688. The molecule has 7 heteroatoms. The van der Waals surface area contributed by atoms with Crippen molar-refractivity contribution in [2.75, 3.05) is 0 Å². The van der Waals surface area contributed by atoms with Crippen LogP contribution in [0.2, 0.25) is 5.02 Å². The first-order valence-corrected chi connectivity index (χ1v) is 4.76. The van der Waals surface area contributed by atoms with Gasteiger partial charge in [-0.2, -0.15) is 0 Å². The van der Waals surface area contributed by atoms with Gasteiger partial charge in [0.2, 0.25) is 0 Å². The fraction of sp³-hybridized carbons (Fsp3) is 0.143. The number of hydrogen-bond donors (Lipinski definition) is 1. The third kappa shape index (κ3) is 2.11. The molecule has 0 saturated carbocycles. The average Bonchev–Trinajstić information content (AvgIpc) is 2.08. The van der Waals surface area contributed by atoms with E-state index in [0.29, 0.717) is 0 Å². The van der Waals surface area contributed by atoms with Gasteiger partial charge in [0.25, 0.3) is 6.43 Å². The Morgan fingerprint density at radius 2 is 2.21 bits per heavy atom. The van der Waals surface area contributed by atoms with E-state index in [1.165, 1.54) is 0 Å². The second-order valence-electron chi connectivity index (χ2n) is 2.30. The summed E-state index contributed by atoms with van der Waals surface area (Å²) in [6.45, 7) is 0. The summed E-state index contributed by atoms with van der Waals surface area (Å²) in [6, 6.07) is 0. The number of nitrogens with zero attached hydrogens (tertiary/aromatic N) is 1. The SMILES string of the molecule is O=C(O)c1ncc(C(F)F)c(Cl)c1I. The summed E-state index contributed by atoms with van der Waals surface area (Å²) >= 11 is 7.12. The third-order valence-electron chi connectivity index (χ3n) is 1.42. The van der Waals surface area contributed by atoms with Crippen LogP contribution in [0.25, 0.3) is 0 Å². The summed E-state index contributed by atoms with van der Waals surface area (Å²) in [4.78, 5) is 13.9. The van der Waals surface area contributed by atoms with Crippen molar-refractivity contribution in [2.45, 2.75) is 6.43 Å². The predicted octanol–water partition coefficient (Wildman–Crippen LogP) is 2.98. The van der Waals surface area contributed by atoms with Crippen LogP contribution in [0.15, 0.2) is 6.20 Å².